The third kappa shape index (κ3) is 3.19. The molecular weight excluding hydrogens is 254 g/mol. The second-order valence-corrected chi connectivity index (χ2v) is 5.34. The van der Waals surface area contributed by atoms with E-state index < -0.39 is 0 Å². The van der Waals surface area contributed by atoms with Crippen LogP contribution in [0.25, 0.3) is 11.0 Å². The number of hydrogen-bond donors (Lipinski definition) is 0. The summed E-state index contributed by atoms with van der Waals surface area (Å²) in [6, 6.07) is 8.33. The van der Waals surface area contributed by atoms with Gasteiger partial charge in [-0.3, -0.25) is 4.90 Å². The maximum atomic E-state index is 4.72. The summed E-state index contributed by atoms with van der Waals surface area (Å²) in [7, 11) is 0. The summed E-state index contributed by atoms with van der Waals surface area (Å²) >= 11 is 1.74. The van der Waals surface area contributed by atoms with Gasteiger partial charge in [-0.1, -0.05) is 43.8 Å². The first-order chi connectivity index (χ1) is 9.30. The van der Waals surface area contributed by atoms with Gasteiger partial charge in [0.2, 0.25) is 0 Å². The van der Waals surface area contributed by atoms with E-state index in [9.17, 15) is 0 Å². The molecule has 0 aliphatic heterocycles. The van der Waals surface area contributed by atoms with Gasteiger partial charge in [-0.15, -0.1) is 6.58 Å². The van der Waals surface area contributed by atoms with E-state index in [1.807, 2.05) is 12.1 Å². The fraction of sp³-hybridized carbons (Fsp3) is 0.400. The van der Waals surface area contributed by atoms with Crippen molar-refractivity contribution in [1.29, 1.82) is 0 Å². The van der Waals surface area contributed by atoms with E-state index in [4.69, 9.17) is 4.98 Å². The zero-order chi connectivity index (χ0) is 13.7. The number of para-hydroxylation sites is 2. The second kappa shape index (κ2) is 6.78. The molecule has 0 amide bonds. The molecule has 4 heteroatoms. The topological polar surface area (TPSA) is 21.1 Å². The van der Waals surface area contributed by atoms with Crippen LogP contribution in [0, 0.1) is 0 Å². The van der Waals surface area contributed by atoms with Crippen molar-refractivity contribution in [1.82, 2.24) is 14.5 Å². The van der Waals surface area contributed by atoms with Gasteiger partial charge in [-0.25, -0.2) is 4.98 Å². The van der Waals surface area contributed by atoms with Gasteiger partial charge in [0.25, 0.3) is 0 Å². The first-order valence-electron chi connectivity index (χ1n) is 6.71. The maximum Gasteiger partial charge on any atom is 0.170 e. The Kier molecular flexibility index (Phi) is 5.05. The van der Waals surface area contributed by atoms with Crippen molar-refractivity contribution >= 4 is 22.8 Å². The summed E-state index contributed by atoms with van der Waals surface area (Å²) in [6.07, 6.45) is 1.92. The highest BCUT2D eigenvalue weighted by molar-refractivity contribution is 7.99. The lowest BCUT2D eigenvalue weighted by molar-refractivity contribution is 0.237. The molecule has 102 valence electrons. The fourth-order valence-electron chi connectivity index (χ4n) is 2.06. The van der Waals surface area contributed by atoms with Gasteiger partial charge in [-0.2, -0.15) is 0 Å². The Morgan fingerprint density at radius 2 is 2.05 bits per heavy atom. The van der Waals surface area contributed by atoms with Crippen LogP contribution < -0.4 is 0 Å². The monoisotopic (exact) mass is 275 g/mol. The highest BCUT2D eigenvalue weighted by Gasteiger charge is 2.12. The average Bonchev–Trinajstić information content (AvgIpc) is 2.80. The molecule has 0 aliphatic carbocycles. The smallest absolute Gasteiger partial charge is 0.170 e. The minimum Gasteiger partial charge on any atom is -0.305 e. The lowest BCUT2D eigenvalue weighted by Crippen LogP contribution is -2.26. The Morgan fingerprint density at radius 1 is 1.32 bits per heavy atom. The van der Waals surface area contributed by atoms with Gasteiger partial charge in [-0.05, 0) is 25.2 Å². The molecule has 2 aromatic rings. The quantitative estimate of drug-likeness (QED) is 0.569. The SMILES string of the molecule is C=CCSc1nc2ccccc2n1CN(CC)CC. The van der Waals surface area contributed by atoms with Crippen LogP contribution in [0.4, 0.5) is 0 Å². The van der Waals surface area contributed by atoms with Crippen LogP contribution >= 0.6 is 11.8 Å². The molecule has 0 saturated heterocycles. The molecule has 0 saturated carbocycles. The Morgan fingerprint density at radius 3 is 2.74 bits per heavy atom. The molecule has 0 bridgehead atoms. The molecule has 19 heavy (non-hydrogen) atoms. The van der Waals surface area contributed by atoms with Crippen LogP contribution in [0.15, 0.2) is 42.1 Å². The van der Waals surface area contributed by atoms with Crippen molar-refractivity contribution in [2.45, 2.75) is 25.7 Å². The van der Waals surface area contributed by atoms with Crippen LogP contribution in [-0.2, 0) is 6.67 Å². The number of fused-ring (bicyclic) bond motifs is 1. The Labute approximate surface area is 119 Å². The zero-order valence-electron chi connectivity index (χ0n) is 11.7. The fourth-order valence-corrected chi connectivity index (χ4v) is 2.80. The van der Waals surface area contributed by atoms with E-state index in [0.29, 0.717) is 0 Å². The highest BCUT2D eigenvalue weighted by Crippen LogP contribution is 2.24. The lowest BCUT2D eigenvalue weighted by atomic mass is 10.3. The Bertz CT molecular complexity index is 543. The molecule has 0 atom stereocenters. The Balaban J connectivity index is 2.38. The van der Waals surface area contributed by atoms with Crippen molar-refractivity contribution in [3.8, 4) is 0 Å². The molecule has 2 rings (SSSR count). The molecular formula is C15H21N3S. The minimum atomic E-state index is 0.890. The van der Waals surface area contributed by atoms with E-state index in [1.165, 1.54) is 5.52 Å². The second-order valence-electron chi connectivity index (χ2n) is 4.36. The molecule has 1 aromatic heterocycles. The van der Waals surface area contributed by atoms with E-state index in [-0.39, 0.29) is 0 Å². The van der Waals surface area contributed by atoms with Crippen molar-refractivity contribution in [2.75, 3.05) is 18.8 Å². The Hall–Kier alpha value is -1.26. The summed E-state index contributed by atoms with van der Waals surface area (Å²) in [5.74, 6) is 0.890. The van der Waals surface area contributed by atoms with Crippen LogP contribution in [0.5, 0.6) is 0 Å². The molecule has 0 fully saturated rings. The van der Waals surface area contributed by atoms with Crippen LogP contribution in [0.1, 0.15) is 13.8 Å². The highest BCUT2D eigenvalue weighted by atomic mass is 32.2. The number of benzene rings is 1. The number of imidazole rings is 1. The minimum absolute atomic E-state index is 0.890. The number of aromatic nitrogens is 2. The van der Waals surface area contributed by atoms with Crippen LogP contribution in [-0.4, -0.2) is 33.3 Å². The van der Waals surface area contributed by atoms with Gasteiger partial charge in [0, 0.05) is 5.75 Å². The van der Waals surface area contributed by atoms with Crippen molar-refractivity contribution in [3.05, 3.63) is 36.9 Å². The largest absolute Gasteiger partial charge is 0.305 e. The number of rotatable bonds is 7. The summed E-state index contributed by atoms with van der Waals surface area (Å²) in [6.45, 7) is 11.2. The average molecular weight is 275 g/mol. The normalized spacial score (nSPS) is 11.3. The summed E-state index contributed by atoms with van der Waals surface area (Å²) in [5.41, 5.74) is 2.28. The molecule has 3 nitrogen and oxygen atoms in total. The molecule has 0 radical (unpaired) electrons. The number of thioether (sulfide) groups is 1. The predicted molar refractivity (Wildman–Crippen MR) is 83.6 cm³/mol. The molecule has 1 aromatic carbocycles. The molecule has 0 spiro atoms. The number of nitrogens with zero attached hydrogens (tertiary/aromatic N) is 3. The van der Waals surface area contributed by atoms with E-state index in [1.54, 1.807) is 11.8 Å². The van der Waals surface area contributed by atoms with Gasteiger partial charge in [0.15, 0.2) is 5.16 Å². The maximum absolute atomic E-state index is 4.72. The van der Waals surface area contributed by atoms with Crippen molar-refractivity contribution in [3.63, 3.8) is 0 Å². The van der Waals surface area contributed by atoms with Crippen LogP contribution in [0.2, 0.25) is 0 Å². The van der Waals surface area contributed by atoms with Gasteiger partial charge >= 0.3 is 0 Å². The summed E-state index contributed by atoms with van der Waals surface area (Å²) in [4.78, 5) is 7.12. The molecule has 0 N–H and O–H groups in total. The van der Waals surface area contributed by atoms with E-state index >= 15 is 0 Å². The molecule has 0 aliphatic rings. The third-order valence-corrected chi connectivity index (χ3v) is 4.16. The molecule has 1 heterocycles. The zero-order valence-corrected chi connectivity index (χ0v) is 12.5. The first-order valence-corrected chi connectivity index (χ1v) is 7.70. The lowest BCUT2D eigenvalue weighted by Gasteiger charge is -2.20. The third-order valence-electron chi connectivity index (χ3n) is 3.19. The first kappa shape index (κ1) is 14.2. The standard InChI is InChI=1S/C15H21N3S/c1-4-11-19-15-16-13-9-7-8-10-14(13)18(15)12-17(5-2)6-3/h4,7-10H,1,5-6,11-12H2,2-3H3. The van der Waals surface area contributed by atoms with Gasteiger partial charge < -0.3 is 4.57 Å². The van der Waals surface area contributed by atoms with Crippen molar-refractivity contribution in [2.24, 2.45) is 0 Å². The summed E-state index contributed by atoms with van der Waals surface area (Å²) in [5, 5.41) is 1.08. The number of hydrogen-bond acceptors (Lipinski definition) is 3. The van der Waals surface area contributed by atoms with Gasteiger partial charge in [0.05, 0.1) is 17.7 Å². The van der Waals surface area contributed by atoms with Crippen LogP contribution in [0.3, 0.4) is 0 Å². The van der Waals surface area contributed by atoms with Crippen molar-refractivity contribution < 1.29 is 0 Å². The van der Waals surface area contributed by atoms with Gasteiger partial charge in [0.1, 0.15) is 0 Å². The van der Waals surface area contributed by atoms with E-state index in [2.05, 4.69) is 48.1 Å². The molecule has 0 unspecified atom stereocenters. The summed E-state index contributed by atoms with van der Waals surface area (Å²) < 4.78 is 2.30. The predicted octanol–water partition coefficient (Wildman–Crippen LogP) is 3.61. The van der Waals surface area contributed by atoms with E-state index in [0.717, 1.165) is 36.2 Å².